The molecule has 0 radical (unpaired) electrons. The first kappa shape index (κ1) is 17.5. The highest BCUT2D eigenvalue weighted by molar-refractivity contribution is 6.87. The Morgan fingerprint density at radius 3 is 2.24 bits per heavy atom. The molecule has 0 atom stereocenters. The average molecular weight is 302 g/mol. The van der Waals surface area contributed by atoms with Crippen molar-refractivity contribution in [1.82, 2.24) is 5.32 Å². The number of benzene rings is 1. The predicted molar refractivity (Wildman–Crippen MR) is 92.9 cm³/mol. The molecule has 1 amide bonds. The maximum absolute atomic E-state index is 10.8. The van der Waals surface area contributed by atoms with Crippen molar-refractivity contribution in [2.24, 2.45) is 0 Å². The molecular weight excluding hydrogens is 274 g/mol. The van der Waals surface area contributed by atoms with Gasteiger partial charge in [0, 0.05) is 19.0 Å². The van der Waals surface area contributed by atoms with Crippen LogP contribution in [-0.4, -0.2) is 20.5 Å². The lowest BCUT2D eigenvalue weighted by atomic mass is 10.1. The zero-order chi connectivity index (χ0) is 16.1. The molecule has 2 nitrogen and oxygen atoms in total. The van der Waals surface area contributed by atoms with E-state index in [2.05, 4.69) is 74.9 Å². The second-order valence-corrected chi connectivity index (χ2v) is 12.1. The normalized spacial score (nSPS) is 11.5. The van der Waals surface area contributed by atoms with Gasteiger partial charge in [-0.05, 0) is 29.2 Å². The quantitative estimate of drug-likeness (QED) is 0.668. The van der Waals surface area contributed by atoms with Gasteiger partial charge in [0.05, 0.1) is 0 Å². The van der Waals surface area contributed by atoms with E-state index in [0.717, 1.165) is 12.0 Å². The summed E-state index contributed by atoms with van der Waals surface area (Å²) in [6.45, 7) is 13.7. The molecule has 0 unspecified atom stereocenters. The Bertz CT molecular complexity index is 541. The predicted octanol–water partition coefficient (Wildman–Crippen LogP) is 3.76. The van der Waals surface area contributed by atoms with Crippen molar-refractivity contribution in [3.8, 4) is 11.5 Å². The van der Waals surface area contributed by atoms with Gasteiger partial charge >= 0.3 is 0 Å². The van der Waals surface area contributed by atoms with Crippen LogP contribution in [0, 0.1) is 11.5 Å². The van der Waals surface area contributed by atoms with Crippen LogP contribution >= 0.6 is 0 Å². The Morgan fingerprint density at radius 1 is 1.19 bits per heavy atom. The lowest BCUT2D eigenvalue weighted by Crippen LogP contribution is -2.35. The fourth-order valence-electron chi connectivity index (χ4n) is 1.55. The molecule has 0 bridgehead atoms. The molecule has 1 N–H and O–H groups in total. The van der Waals surface area contributed by atoms with Gasteiger partial charge in [-0.3, -0.25) is 4.79 Å². The summed E-state index contributed by atoms with van der Waals surface area (Å²) in [5, 5.41) is 3.10. The number of amides is 1. The van der Waals surface area contributed by atoms with E-state index in [0.29, 0.717) is 6.54 Å². The van der Waals surface area contributed by atoms with E-state index < -0.39 is 8.07 Å². The van der Waals surface area contributed by atoms with Crippen molar-refractivity contribution < 1.29 is 4.79 Å². The van der Waals surface area contributed by atoms with Crippen molar-refractivity contribution in [3.63, 3.8) is 0 Å². The standard InChI is InChI=1S/C18H27NOSi/c1-15(20)19-13-11-16-7-9-17(10-8-16)12-14-21(5,6)18(2,3)4/h7-10H,11,13H2,1-6H3,(H,19,20). The summed E-state index contributed by atoms with van der Waals surface area (Å²) >= 11 is 0. The minimum Gasteiger partial charge on any atom is -0.356 e. The van der Waals surface area contributed by atoms with Crippen LogP contribution in [0.15, 0.2) is 24.3 Å². The minimum absolute atomic E-state index is 0.0202. The van der Waals surface area contributed by atoms with E-state index in [-0.39, 0.29) is 10.9 Å². The summed E-state index contributed by atoms with van der Waals surface area (Å²) in [6.07, 6.45) is 0.857. The Labute approximate surface area is 130 Å². The number of carbonyl (C=O) groups is 1. The van der Waals surface area contributed by atoms with Crippen molar-refractivity contribution in [1.29, 1.82) is 0 Å². The summed E-state index contributed by atoms with van der Waals surface area (Å²) in [5.74, 6) is 3.36. The molecule has 0 spiro atoms. The molecule has 114 valence electrons. The highest BCUT2D eigenvalue weighted by atomic mass is 28.3. The fraction of sp³-hybridized carbons (Fsp3) is 0.500. The van der Waals surface area contributed by atoms with Crippen molar-refractivity contribution >= 4 is 14.0 Å². The molecule has 0 aromatic heterocycles. The largest absolute Gasteiger partial charge is 0.356 e. The maximum atomic E-state index is 10.8. The number of nitrogens with one attached hydrogen (secondary N) is 1. The van der Waals surface area contributed by atoms with Gasteiger partial charge in [-0.15, -0.1) is 5.54 Å². The molecule has 3 heteroatoms. The number of hydrogen-bond acceptors (Lipinski definition) is 1. The van der Waals surface area contributed by atoms with Crippen LogP contribution in [-0.2, 0) is 11.2 Å². The van der Waals surface area contributed by atoms with Crippen LogP contribution in [0.1, 0.15) is 38.8 Å². The second kappa shape index (κ2) is 6.95. The van der Waals surface area contributed by atoms with E-state index in [1.165, 1.54) is 5.56 Å². The summed E-state index contributed by atoms with van der Waals surface area (Å²) in [6, 6.07) is 8.33. The fourth-order valence-corrected chi connectivity index (χ4v) is 2.39. The molecule has 0 saturated heterocycles. The molecule has 0 saturated carbocycles. The third kappa shape index (κ3) is 5.77. The highest BCUT2D eigenvalue weighted by Gasteiger charge is 2.33. The number of carbonyl (C=O) groups excluding carboxylic acids is 1. The minimum atomic E-state index is -1.54. The highest BCUT2D eigenvalue weighted by Crippen LogP contribution is 2.35. The Hall–Kier alpha value is -1.53. The van der Waals surface area contributed by atoms with Crippen LogP contribution < -0.4 is 5.32 Å². The van der Waals surface area contributed by atoms with Gasteiger partial charge in [-0.2, -0.15) is 0 Å². The van der Waals surface area contributed by atoms with Crippen LogP contribution in [0.5, 0.6) is 0 Å². The van der Waals surface area contributed by atoms with Gasteiger partial charge in [0.2, 0.25) is 5.91 Å². The number of rotatable bonds is 3. The van der Waals surface area contributed by atoms with Crippen LogP contribution in [0.2, 0.25) is 18.1 Å². The first-order valence-corrected chi connectivity index (χ1v) is 10.5. The summed E-state index contributed by atoms with van der Waals surface area (Å²) in [4.78, 5) is 10.8. The maximum Gasteiger partial charge on any atom is 0.216 e. The Morgan fingerprint density at radius 2 is 1.76 bits per heavy atom. The molecule has 1 aromatic carbocycles. The summed E-state index contributed by atoms with van der Waals surface area (Å²) < 4.78 is 0. The molecule has 0 aliphatic carbocycles. The molecule has 1 aromatic rings. The lowest BCUT2D eigenvalue weighted by molar-refractivity contribution is -0.118. The second-order valence-electron chi connectivity index (χ2n) is 7.05. The van der Waals surface area contributed by atoms with E-state index in [9.17, 15) is 4.79 Å². The third-order valence-electron chi connectivity index (χ3n) is 4.14. The summed E-state index contributed by atoms with van der Waals surface area (Å²) in [5.41, 5.74) is 5.82. The molecule has 0 heterocycles. The van der Waals surface area contributed by atoms with E-state index in [1.807, 2.05) is 0 Å². The van der Waals surface area contributed by atoms with Gasteiger partial charge in [-0.25, -0.2) is 0 Å². The van der Waals surface area contributed by atoms with Crippen molar-refractivity contribution in [3.05, 3.63) is 35.4 Å². The van der Waals surface area contributed by atoms with Gasteiger partial charge in [0.25, 0.3) is 0 Å². The third-order valence-corrected chi connectivity index (χ3v) is 8.64. The van der Waals surface area contributed by atoms with E-state index in [1.54, 1.807) is 6.92 Å². The molecule has 0 fully saturated rings. The van der Waals surface area contributed by atoms with Crippen LogP contribution in [0.4, 0.5) is 0 Å². The van der Waals surface area contributed by atoms with Gasteiger partial charge < -0.3 is 5.32 Å². The van der Waals surface area contributed by atoms with Crippen LogP contribution in [0.3, 0.4) is 0 Å². The van der Waals surface area contributed by atoms with Crippen LogP contribution in [0.25, 0.3) is 0 Å². The zero-order valence-electron chi connectivity index (χ0n) is 14.1. The first-order valence-electron chi connectivity index (χ1n) is 7.48. The summed E-state index contributed by atoms with van der Waals surface area (Å²) in [7, 11) is -1.54. The SMILES string of the molecule is CC(=O)NCCc1ccc(C#C[Si](C)(C)C(C)(C)C)cc1. The smallest absolute Gasteiger partial charge is 0.216 e. The molecule has 0 aliphatic rings. The number of hydrogen-bond donors (Lipinski definition) is 1. The first-order chi connectivity index (χ1) is 9.62. The molecular formula is C18H27NOSi. The van der Waals surface area contributed by atoms with Crippen molar-refractivity contribution in [2.45, 2.75) is 52.2 Å². The molecule has 21 heavy (non-hydrogen) atoms. The topological polar surface area (TPSA) is 29.1 Å². The van der Waals surface area contributed by atoms with E-state index in [4.69, 9.17) is 0 Å². The van der Waals surface area contributed by atoms with Gasteiger partial charge in [0.1, 0.15) is 8.07 Å². The lowest BCUT2D eigenvalue weighted by Gasteiger charge is -2.31. The Balaban J connectivity index is 2.70. The zero-order valence-corrected chi connectivity index (χ0v) is 15.1. The van der Waals surface area contributed by atoms with Gasteiger partial charge in [-0.1, -0.05) is 51.9 Å². The van der Waals surface area contributed by atoms with E-state index >= 15 is 0 Å². The van der Waals surface area contributed by atoms with Crippen molar-refractivity contribution in [2.75, 3.05) is 6.54 Å². The molecule has 0 aliphatic heterocycles. The van der Waals surface area contributed by atoms with Gasteiger partial charge in [0.15, 0.2) is 0 Å². The monoisotopic (exact) mass is 301 g/mol. The Kier molecular flexibility index (Phi) is 5.80. The molecule has 1 rings (SSSR count). The average Bonchev–Trinajstić information content (AvgIpc) is 2.36.